The van der Waals surface area contributed by atoms with E-state index in [1.54, 1.807) is 17.4 Å². The van der Waals surface area contributed by atoms with Gasteiger partial charge in [-0.2, -0.15) is 0 Å². The predicted molar refractivity (Wildman–Crippen MR) is 80.7 cm³/mol. The van der Waals surface area contributed by atoms with Crippen LogP contribution in [0.25, 0.3) is 6.08 Å². The van der Waals surface area contributed by atoms with E-state index in [0.29, 0.717) is 12.6 Å². The molecule has 5 heteroatoms. The first-order valence-corrected chi connectivity index (χ1v) is 7.85. The van der Waals surface area contributed by atoms with Crippen LogP contribution in [0, 0.1) is 0 Å². The molecular weight excluding hydrogens is 274 g/mol. The fourth-order valence-electron chi connectivity index (χ4n) is 2.71. The molecule has 1 aliphatic rings. The summed E-state index contributed by atoms with van der Waals surface area (Å²) in [6, 6.07) is 4.58. The van der Waals surface area contributed by atoms with E-state index in [2.05, 4.69) is 4.90 Å². The zero-order valence-corrected chi connectivity index (χ0v) is 12.3. The first-order valence-electron chi connectivity index (χ1n) is 7.03. The molecule has 4 nitrogen and oxygen atoms in total. The highest BCUT2D eigenvalue weighted by Gasteiger charge is 2.22. The maximum atomic E-state index is 10.5. The van der Waals surface area contributed by atoms with Crippen molar-refractivity contribution < 1.29 is 15.0 Å². The van der Waals surface area contributed by atoms with Crippen LogP contribution in [0.3, 0.4) is 0 Å². The van der Waals surface area contributed by atoms with Gasteiger partial charge in [-0.15, -0.1) is 11.3 Å². The Morgan fingerprint density at radius 1 is 1.40 bits per heavy atom. The third-order valence-corrected chi connectivity index (χ3v) is 4.70. The summed E-state index contributed by atoms with van der Waals surface area (Å²) in [4.78, 5) is 15.0. The van der Waals surface area contributed by atoms with Crippen LogP contribution in [0.5, 0.6) is 0 Å². The lowest BCUT2D eigenvalue weighted by Crippen LogP contribution is -2.34. The molecule has 0 unspecified atom stereocenters. The summed E-state index contributed by atoms with van der Waals surface area (Å²) in [5, 5.41) is 17.8. The van der Waals surface area contributed by atoms with Crippen LogP contribution < -0.4 is 0 Å². The molecule has 2 N–H and O–H groups in total. The number of carbonyl (C=O) groups is 1. The first-order chi connectivity index (χ1) is 9.69. The number of aliphatic hydroxyl groups excluding tert-OH is 1. The fourth-order valence-corrected chi connectivity index (χ4v) is 3.65. The van der Waals surface area contributed by atoms with Gasteiger partial charge in [-0.3, -0.25) is 4.90 Å². The molecule has 0 aromatic carbocycles. The summed E-state index contributed by atoms with van der Waals surface area (Å²) in [7, 11) is 0. The van der Waals surface area contributed by atoms with E-state index < -0.39 is 5.97 Å². The maximum Gasteiger partial charge on any atom is 0.328 e. The number of aliphatic carboxylic acids is 1. The van der Waals surface area contributed by atoms with Gasteiger partial charge in [0.15, 0.2) is 0 Å². The molecule has 1 fully saturated rings. The molecule has 0 atom stereocenters. The highest BCUT2D eigenvalue weighted by Crippen LogP contribution is 2.27. The minimum atomic E-state index is -0.923. The van der Waals surface area contributed by atoms with Gasteiger partial charge in [0.1, 0.15) is 0 Å². The number of nitrogens with zero attached hydrogens (tertiary/aromatic N) is 1. The van der Waals surface area contributed by atoms with Crippen LogP contribution in [0.4, 0.5) is 0 Å². The van der Waals surface area contributed by atoms with E-state index in [1.807, 2.05) is 12.1 Å². The zero-order chi connectivity index (χ0) is 14.4. The van der Waals surface area contributed by atoms with Gasteiger partial charge in [0.25, 0.3) is 0 Å². The molecule has 0 radical (unpaired) electrons. The Balaban J connectivity index is 1.97. The lowest BCUT2D eigenvalue weighted by atomic mass is 10.2. The van der Waals surface area contributed by atoms with Crippen molar-refractivity contribution >= 4 is 23.4 Å². The minimum Gasteiger partial charge on any atom is -0.478 e. The number of carboxylic acids is 1. The quantitative estimate of drug-likeness (QED) is 0.759. The van der Waals surface area contributed by atoms with Gasteiger partial charge in [-0.05, 0) is 31.1 Å². The van der Waals surface area contributed by atoms with Crippen LogP contribution in [0.2, 0.25) is 0 Å². The van der Waals surface area contributed by atoms with Crippen molar-refractivity contribution in [3.63, 3.8) is 0 Å². The fraction of sp³-hybridized carbons (Fsp3) is 0.533. The van der Waals surface area contributed by atoms with Gasteiger partial charge in [-0.1, -0.05) is 12.8 Å². The Morgan fingerprint density at radius 3 is 2.80 bits per heavy atom. The largest absolute Gasteiger partial charge is 0.478 e. The van der Waals surface area contributed by atoms with Crippen LogP contribution in [0.1, 0.15) is 35.4 Å². The van der Waals surface area contributed by atoms with E-state index in [-0.39, 0.29) is 6.61 Å². The van der Waals surface area contributed by atoms with E-state index in [0.717, 1.165) is 17.5 Å². The summed E-state index contributed by atoms with van der Waals surface area (Å²) < 4.78 is 0. The van der Waals surface area contributed by atoms with Gasteiger partial charge >= 0.3 is 5.97 Å². The Kier molecular flexibility index (Phi) is 5.76. The molecule has 1 aromatic rings. The van der Waals surface area contributed by atoms with E-state index >= 15 is 0 Å². The maximum absolute atomic E-state index is 10.5. The monoisotopic (exact) mass is 295 g/mol. The molecule has 0 spiro atoms. The molecule has 0 bridgehead atoms. The number of thiophene rings is 1. The number of hydrogen-bond acceptors (Lipinski definition) is 4. The summed E-state index contributed by atoms with van der Waals surface area (Å²) >= 11 is 1.61. The van der Waals surface area contributed by atoms with Crippen molar-refractivity contribution in [3.05, 3.63) is 28.0 Å². The van der Waals surface area contributed by atoms with Crippen LogP contribution in [0.15, 0.2) is 18.2 Å². The van der Waals surface area contributed by atoms with Gasteiger partial charge in [0.05, 0.1) is 6.61 Å². The molecule has 20 heavy (non-hydrogen) atoms. The second-order valence-electron chi connectivity index (χ2n) is 5.11. The Hall–Kier alpha value is -1.17. The average molecular weight is 295 g/mol. The molecule has 1 aliphatic carbocycles. The normalized spacial score (nSPS) is 16.5. The summed E-state index contributed by atoms with van der Waals surface area (Å²) in [6.45, 7) is 1.74. The highest BCUT2D eigenvalue weighted by atomic mass is 32.1. The molecule has 1 heterocycles. The highest BCUT2D eigenvalue weighted by molar-refractivity contribution is 7.12. The molecule has 1 aromatic heterocycles. The number of hydrogen-bond donors (Lipinski definition) is 2. The minimum absolute atomic E-state index is 0.188. The van der Waals surface area contributed by atoms with Gasteiger partial charge in [-0.25, -0.2) is 4.79 Å². The second-order valence-corrected chi connectivity index (χ2v) is 6.31. The van der Waals surface area contributed by atoms with Crippen molar-refractivity contribution in [2.24, 2.45) is 0 Å². The summed E-state index contributed by atoms with van der Waals surface area (Å²) in [5.74, 6) is -0.923. The zero-order valence-electron chi connectivity index (χ0n) is 11.5. The van der Waals surface area contributed by atoms with Gasteiger partial charge in [0.2, 0.25) is 0 Å². The topological polar surface area (TPSA) is 60.8 Å². The Labute approximate surface area is 123 Å². The lowest BCUT2D eigenvalue weighted by Gasteiger charge is -2.27. The van der Waals surface area contributed by atoms with Crippen LogP contribution >= 0.6 is 11.3 Å². The third-order valence-electron chi connectivity index (χ3n) is 3.66. The van der Waals surface area contributed by atoms with Crippen LogP contribution in [-0.2, 0) is 11.3 Å². The second kappa shape index (κ2) is 7.57. The molecule has 0 aliphatic heterocycles. The average Bonchev–Trinajstić information content (AvgIpc) is 3.07. The van der Waals surface area contributed by atoms with Crippen molar-refractivity contribution in [1.82, 2.24) is 4.90 Å². The van der Waals surface area contributed by atoms with E-state index in [4.69, 9.17) is 5.11 Å². The number of rotatable bonds is 7. The van der Waals surface area contributed by atoms with Crippen molar-refractivity contribution in [2.75, 3.05) is 13.2 Å². The standard InChI is InChI=1S/C15H21NO3S/c17-10-9-16(12-3-1-2-4-12)11-14-6-5-13(20-14)7-8-15(18)19/h5-8,12,17H,1-4,9-11H2,(H,18,19). The van der Waals surface area contributed by atoms with Gasteiger partial charge in [0, 0.05) is 35.0 Å². The van der Waals surface area contributed by atoms with Crippen molar-refractivity contribution in [3.8, 4) is 0 Å². The van der Waals surface area contributed by atoms with E-state index in [9.17, 15) is 9.90 Å². The molecule has 0 amide bonds. The third kappa shape index (κ3) is 4.44. The predicted octanol–water partition coefficient (Wildman–Crippen LogP) is 2.58. The number of aliphatic hydroxyl groups is 1. The molecular formula is C15H21NO3S. The molecule has 2 rings (SSSR count). The van der Waals surface area contributed by atoms with Crippen molar-refractivity contribution in [1.29, 1.82) is 0 Å². The van der Waals surface area contributed by atoms with Gasteiger partial charge < -0.3 is 10.2 Å². The Morgan fingerprint density at radius 2 is 2.15 bits per heavy atom. The SMILES string of the molecule is O=C(O)C=Cc1ccc(CN(CCO)C2CCCC2)s1. The summed E-state index contributed by atoms with van der Waals surface area (Å²) in [6.07, 6.45) is 7.79. The van der Waals surface area contributed by atoms with Crippen LogP contribution in [-0.4, -0.2) is 40.3 Å². The Bertz CT molecular complexity index is 463. The molecule has 1 saturated carbocycles. The smallest absolute Gasteiger partial charge is 0.328 e. The lowest BCUT2D eigenvalue weighted by molar-refractivity contribution is -0.131. The number of carboxylic acid groups (broad SMARTS) is 1. The first kappa shape index (κ1) is 15.2. The van der Waals surface area contributed by atoms with E-state index in [1.165, 1.54) is 30.6 Å². The molecule has 0 saturated heterocycles. The summed E-state index contributed by atoms with van der Waals surface area (Å²) in [5.41, 5.74) is 0. The van der Waals surface area contributed by atoms with Crippen molar-refractivity contribution in [2.45, 2.75) is 38.3 Å². The molecule has 110 valence electrons.